The van der Waals surface area contributed by atoms with Crippen LogP contribution in [0.5, 0.6) is 0 Å². The van der Waals surface area contributed by atoms with Crippen molar-refractivity contribution >= 4 is 0 Å². The van der Waals surface area contributed by atoms with Crippen molar-refractivity contribution in [1.29, 1.82) is 0 Å². The molecule has 1 saturated carbocycles. The Morgan fingerprint density at radius 3 is 2.03 bits per heavy atom. The summed E-state index contributed by atoms with van der Waals surface area (Å²) in [6, 6.07) is 10.0. The molecule has 32 heavy (non-hydrogen) atoms. The van der Waals surface area contributed by atoms with E-state index in [1.54, 1.807) is 0 Å². The van der Waals surface area contributed by atoms with Gasteiger partial charge in [0.1, 0.15) is 0 Å². The van der Waals surface area contributed by atoms with Crippen LogP contribution in [0.15, 0.2) is 36.4 Å². The summed E-state index contributed by atoms with van der Waals surface area (Å²) in [5.74, 6) is -2.13. The summed E-state index contributed by atoms with van der Waals surface area (Å²) in [7, 11) is 0. The lowest BCUT2D eigenvalue weighted by Crippen LogP contribution is -2.23. The van der Waals surface area contributed by atoms with Crippen LogP contribution in [0.4, 0.5) is 17.6 Å². The van der Waals surface area contributed by atoms with E-state index in [-0.39, 0.29) is 24.5 Å². The Morgan fingerprint density at radius 2 is 1.44 bits per heavy atom. The van der Waals surface area contributed by atoms with E-state index < -0.39 is 23.3 Å². The lowest BCUT2D eigenvalue weighted by molar-refractivity contribution is -0.249. The fourth-order valence-corrected chi connectivity index (χ4v) is 4.81. The predicted molar refractivity (Wildman–Crippen MR) is 120 cm³/mol. The maximum Gasteiger partial charge on any atom is 0.386 e. The molecular formula is C27H34F4O. The molecule has 5 heteroatoms. The van der Waals surface area contributed by atoms with Crippen molar-refractivity contribution in [3.63, 3.8) is 0 Å². The zero-order valence-corrected chi connectivity index (χ0v) is 19.1. The van der Waals surface area contributed by atoms with Crippen LogP contribution in [-0.2, 0) is 23.7 Å². The second kappa shape index (κ2) is 11.3. The van der Waals surface area contributed by atoms with Crippen molar-refractivity contribution in [2.24, 2.45) is 5.92 Å². The summed E-state index contributed by atoms with van der Waals surface area (Å²) in [5, 5.41) is 0. The van der Waals surface area contributed by atoms with E-state index in [1.807, 2.05) is 24.3 Å². The van der Waals surface area contributed by atoms with Crippen molar-refractivity contribution < 1.29 is 22.3 Å². The second-order valence-corrected chi connectivity index (χ2v) is 9.02. The van der Waals surface area contributed by atoms with Crippen molar-refractivity contribution in [2.45, 2.75) is 83.7 Å². The largest absolute Gasteiger partial charge is 0.386 e. The third-order valence-corrected chi connectivity index (χ3v) is 6.64. The van der Waals surface area contributed by atoms with Gasteiger partial charge in [0.25, 0.3) is 0 Å². The normalized spacial score (nSPS) is 19.3. The van der Waals surface area contributed by atoms with Gasteiger partial charge in [0.05, 0.1) is 12.2 Å². The summed E-state index contributed by atoms with van der Waals surface area (Å²) in [5.41, 5.74) is 1.24. The van der Waals surface area contributed by atoms with E-state index in [9.17, 15) is 17.6 Å². The Kier molecular flexibility index (Phi) is 8.75. The van der Waals surface area contributed by atoms with E-state index in [0.717, 1.165) is 63.0 Å². The molecule has 1 aliphatic rings. The van der Waals surface area contributed by atoms with Crippen molar-refractivity contribution in [3.05, 3.63) is 70.3 Å². The molecule has 2 aromatic rings. The second-order valence-electron chi connectivity index (χ2n) is 9.02. The number of benzene rings is 2. The van der Waals surface area contributed by atoms with Gasteiger partial charge in [-0.1, -0.05) is 63.4 Å². The van der Waals surface area contributed by atoms with Gasteiger partial charge in [-0.15, -0.1) is 0 Å². The number of hydrogen-bond acceptors (Lipinski definition) is 1. The third kappa shape index (κ3) is 6.12. The van der Waals surface area contributed by atoms with Gasteiger partial charge in [-0.2, -0.15) is 8.78 Å². The summed E-state index contributed by atoms with van der Waals surface area (Å²) >= 11 is 0. The molecule has 0 spiro atoms. The summed E-state index contributed by atoms with van der Waals surface area (Å²) in [6.07, 6.45) is 4.14. The number of alkyl halides is 2. The first-order valence-electron chi connectivity index (χ1n) is 11.9. The Bertz CT molecular complexity index is 855. The maximum atomic E-state index is 14.7. The van der Waals surface area contributed by atoms with Crippen molar-refractivity contribution in [2.75, 3.05) is 6.61 Å². The highest BCUT2D eigenvalue weighted by Gasteiger charge is 2.38. The van der Waals surface area contributed by atoms with Crippen molar-refractivity contribution in [3.8, 4) is 0 Å². The number of rotatable bonds is 10. The fraction of sp³-hybridized carbons (Fsp3) is 0.556. The molecule has 0 atom stereocenters. The molecule has 2 aromatic carbocycles. The molecule has 0 heterocycles. The van der Waals surface area contributed by atoms with Gasteiger partial charge in [0.15, 0.2) is 11.6 Å². The number of aryl methyl sites for hydroxylation is 1. The Labute approximate surface area is 189 Å². The minimum absolute atomic E-state index is 0.114. The minimum atomic E-state index is -3.88. The van der Waals surface area contributed by atoms with E-state index in [0.29, 0.717) is 5.92 Å². The highest BCUT2D eigenvalue weighted by molar-refractivity contribution is 5.31. The molecule has 1 nitrogen and oxygen atoms in total. The molecule has 0 amide bonds. The minimum Gasteiger partial charge on any atom is -0.316 e. The summed E-state index contributed by atoms with van der Waals surface area (Å²) < 4.78 is 63.2. The Morgan fingerprint density at radius 1 is 0.812 bits per heavy atom. The van der Waals surface area contributed by atoms with Gasteiger partial charge in [-0.3, -0.25) is 0 Å². The molecule has 1 fully saturated rings. The number of halogens is 4. The highest BCUT2D eigenvalue weighted by atomic mass is 19.3. The van der Waals surface area contributed by atoms with Crippen LogP contribution in [0.1, 0.15) is 87.0 Å². The van der Waals surface area contributed by atoms with Gasteiger partial charge in [0.2, 0.25) is 0 Å². The van der Waals surface area contributed by atoms with E-state index in [4.69, 9.17) is 4.74 Å². The summed E-state index contributed by atoms with van der Waals surface area (Å²) in [4.78, 5) is 0. The first-order chi connectivity index (χ1) is 15.4. The van der Waals surface area contributed by atoms with Crippen LogP contribution in [-0.4, -0.2) is 6.61 Å². The molecule has 0 aromatic heterocycles. The SMILES string of the molecule is CCCc1ccc(CCOC(F)(F)c2ccc([C@H]3CC[C@H](CCC)CC3)c(F)c2F)cc1. The van der Waals surface area contributed by atoms with Gasteiger partial charge in [-0.05, 0) is 73.1 Å². The average molecular weight is 451 g/mol. The average Bonchev–Trinajstić information content (AvgIpc) is 2.78. The number of hydrogen-bond donors (Lipinski definition) is 0. The summed E-state index contributed by atoms with van der Waals surface area (Å²) in [6.45, 7) is 3.95. The van der Waals surface area contributed by atoms with Crippen LogP contribution in [0.25, 0.3) is 0 Å². The maximum absolute atomic E-state index is 14.7. The van der Waals surface area contributed by atoms with Gasteiger partial charge in [-0.25, -0.2) is 8.78 Å². The van der Waals surface area contributed by atoms with Gasteiger partial charge in [0, 0.05) is 0 Å². The van der Waals surface area contributed by atoms with E-state index >= 15 is 0 Å². The zero-order chi connectivity index (χ0) is 23.1. The smallest absolute Gasteiger partial charge is 0.316 e. The third-order valence-electron chi connectivity index (χ3n) is 6.64. The van der Waals surface area contributed by atoms with Crippen LogP contribution >= 0.6 is 0 Å². The lowest BCUT2D eigenvalue weighted by atomic mass is 9.77. The quantitative estimate of drug-likeness (QED) is 0.331. The van der Waals surface area contributed by atoms with Crippen molar-refractivity contribution in [1.82, 2.24) is 0 Å². The van der Waals surface area contributed by atoms with Crippen LogP contribution in [0.2, 0.25) is 0 Å². The Balaban J connectivity index is 1.61. The first kappa shape index (κ1) is 24.8. The fourth-order valence-electron chi connectivity index (χ4n) is 4.81. The molecular weight excluding hydrogens is 416 g/mol. The highest BCUT2D eigenvalue weighted by Crippen LogP contribution is 2.41. The van der Waals surface area contributed by atoms with E-state index in [2.05, 4.69) is 13.8 Å². The number of ether oxygens (including phenoxy) is 1. The van der Waals surface area contributed by atoms with Crippen LogP contribution in [0.3, 0.4) is 0 Å². The lowest BCUT2D eigenvalue weighted by Gasteiger charge is -2.29. The molecule has 0 bridgehead atoms. The van der Waals surface area contributed by atoms with Crippen LogP contribution in [0, 0.1) is 17.6 Å². The van der Waals surface area contributed by atoms with Gasteiger partial charge >= 0.3 is 6.11 Å². The molecule has 3 rings (SSSR count). The molecule has 0 N–H and O–H groups in total. The molecule has 0 unspecified atom stereocenters. The predicted octanol–water partition coefficient (Wildman–Crippen LogP) is 8.30. The molecule has 0 aliphatic heterocycles. The molecule has 0 radical (unpaired) electrons. The topological polar surface area (TPSA) is 9.23 Å². The Hall–Kier alpha value is -1.88. The monoisotopic (exact) mass is 450 g/mol. The zero-order valence-electron chi connectivity index (χ0n) is 19.1. The van der Waals surface area contributed by atoms with Gasteiger partial charge < -0.3 is 4.74 Å². The van der Waals surface area contributed by atoms with Crippen LogP contribution < -0.4 is 0 Å². The first-order valence-corrected chi connectivity index (χ1v) is 11.9. The molecule has 1 aliphatic carbocycles. The molecule has 176 valence electrons. The molecule has 0 saturated heterocycles. The standard InChI is InChI=1S/C27H34F4O/c1-3-5-19-7-9-21(10-8-19)17-18-32-27(30,31)24-16-15-23(25(28)26(24)29)22-13-11-20(6-4-2)12-14-22/h7-10,15-16,20,22H,3-6,11-14,17-18H2,1-2H3/t20-,22-. The van der Waals surface area contributed by atoms with E-state index in [1.165, 1.54) is 11.6 Å².